The molecule has 0 atom stereocenters. The van der Waals surface area contributed by atoms with Crippen molar-refractivity contribution >= 4 is 0 Å². The number of nitrogens with two attached hydrogens (primary N) is 2. The quantitative estimate of drug-likeness (QED) is 0.491. The Hall–Kier alpha value is -1.40. The van der Waals surface area contributed by atoms with E-state index in [0.717, 1.165) is 6.42 Å². The summed E-state index contributed by atoms with van der Waals surface area (Å²) in [5, 5.41) is 0. The standard InChI is InChI=1S/C10H18N4O2/c1-2-3-7-6(4-5-8(11)12)9(15)14-10(16)13-7/h8H,2-5,11-12H2,1H3,(H2,13,14,15,16). The van der Waals surface area contributed by atoms with Crippen LogP contribution in [0.15, 0.2) is 9.59 Å². The van der Waals surface area contributed by atoms with Crippen LogP contribution in [-0.2, 0) is 12.8 Å². The number of nitrogens with one attached hydrogen (secondary N) is 2. The summed E-state index contributed by atoms with van der Waals surface area (Å²) in [5.41, 5.74) is 11.3. The highest BCUT2D eigenvalue weighted by atomic mass is 16.2. The second-order valence-corrected chi connectivity index (χ2v) is 3.82. The summed E-state index contributed by atoms with van der Waals surface area (Å²) in [7, 11) is 0. The van der Waals surface area contributed by atoms with Crippen LogP contribution in [0.2, 0.25) is 0 Å². The third-order valence-electron chi connectivity index (χ3n) is 2.36. The van der Waals surface area contributed by atoms with Crippen molar-refractivity contribution in [3.05, 3.63) is 32.1 Å². The van der Waals surface area contributed by atoms with Crippen molar-refractivity contribution in [2.24, 2.45) is 11.5 Å². The van der Waals surface area contributed by atoms with Gasteiger partial charge in [0.25, 0.3) is 5.56 Å². The van der Waals surface area contributed by atoms with Gasteiger partial charge >= 0.3 is 5.69 Å². The molecule has 0 bridgehead atoms. The van der Waals surface area contributed by atoms with Crippen LogP contribution < -0.4 is 22.7 Å². The van der Waals surface area contributed by atoms with Crippen molar-refractivity contribution in [2.45, 2.75) is 38.8 Å². The van der Waals surface area contributed by atoms with Gasteiger partial charge in [0.05, 0.1) is 6.17 Å². The first kappa shape index (κ1) is 12.7. The second kappa shape index (κ2) is 5.62. The molecule has 0 aliphatic carbocycles. The van der Waals surface area contributed by atoms with Gasteiger partial charge in [-0.1, -0.05) is 13.3 Å². The third kappa shape index (κ3) is 3.32. The summed E-state index contributed by atoms with van der Waals surface area (Å²) < 4.78 is 0. The lowest BCUT2D eigenvalue weighted by atomic mass is 10.1. The molecule has 6 N–H and O–H groups in total. The zero-order valence-electron chi connectivity index (χ0n) is 9.38. The molecule has 0 radical (unpaired) electrons. The molecule has 1 heterocycles. The zero-order chi connectivity index (χ0) is 12.1. The summed E-state index contributed by atoms with van der Waals surface area (Å²) in [5.74, 6) is 0. The van der Waals surface area contributed by atoms with Crippen molar-refractivity contribution in [1.82, 2.24) is 9.97 Å². The Labute approximate surface area is 93.1 Å². The Morgan fingerprint density at radius 2 is 1.88 bits per heavy atom. The van der Waals surface area contributed by atoms with E-state index in [1.807, 2.05) is 6.92 Å². The van der Waals surface area contributed by atoms with Gasteiger partial charge in [-0.05, 0) is 19.3 Å². The molecule has 0 spiro atoms. The predicted molar refractivity (Wildman–Crippen MR) is 62.2 cm³/mol. The monoisotopic (exact) mass is 226 g/mol. The highest BCUT2D eigenvalue weighted by Crippen LogP contribution is 2.04. The molecule has 0 aliphatic rings. The average molecular weight is 226 g/mol. The van der Waals surface area contributed by atoms with Crippen molar-refractivity contribution in [2.75, 3.05) is 0 Å². The van der Waals surface area contributed by atoms with Crippen LogP contribution in [-0.4, -0.2) is 16.1 Å². The topological polar surface area (TPSA) is 118 Å². The van der Waals surface area contributed by atoms with E-state index in [1.165, 1.54) is 0 Å². The molecule has 1 rings (SSSR count). The lowest BCUT2D eigenvalue weighted by molar-refractivity contribution is 0.629. The molecule has 1 aromatic rings. The minimum Gasteiger partial charge on any atom is -0.316 e. The van der Waals surface area contributed by atoms with E-state index in [1.54, 1.807) is 0 Å². The van der Waals surface area contributed by atoms with Crippen molar-refractivity contribution < 1.29 is 0 Å². The van der Waals surface area contributed by atoms with E-state index < -0.39 is 11.9 Å². The molecule has 0 aliphatic heterocycles. The van der Waals surface area contributed by atoms with Gasteiger partial charge in [-0.15, -0.1) is 0 Å². The fraction of sp³-hybridized carbons (Fsp3) is 0.600. The first-order chi connectivity index (χ1) is 7.54. The third-order valence-corrected chi connectivity index (χ3v) is 2.36. The van der Waals surface area contributed by atoms with E-state index in [4.69, 9.17) is 11.5 Å². The maximum absolute atomic E-state index is 11.6. The Morgan fingerprint density at radius 1 is 1.19 bits per heavy atom. The van der Waals surface area contributed by atoms with E-state index in [-0.39, 0.29) is 5.56 Å². The van der Waals surface area contributed by atoms with Crippen LogP contribution in [0.5, 0.6) is 0 Å². The molecule has 0 saturated heterocycles. The summed E-state index contributed by atoms with van der Waals surface area (Å²) in [6.07, 6.45) is 2.10. The molecule has 6 nitrogen and oxygen atoms in total. The fourth-order valence-electron chi connectivity index (χ4n) is 1.60. The maximum Gasteiger partial charge on any atom is 0.325 e. The molecular formula is C10H18N4O2. The molecule has 90 valence electrons. The number of hydrogen-bond donors (Lipinski definition) is 4. The van der Waals surface area contributed by atoms with Crippen molar-refractivity contribution in [1.29, 1.82) is 0 Å². The summed E-state index contributed by atoms with van der Waals surface area (Å²) >= 11 is 0. The number of rotatable bonds is 5. The molecule has 16 heavy (non-hydrogen) atoms. The Morgan fingerprint density at radius 3 is 2.44 bits per heavy atom. The number of aromatic nitrogens is 2. The van der Waals surface area contributed by atoms with E-state index in [0.29, 0.717) is 30.5 Å². The summed E-state index contributed by atoms with van der Waals surface area (Å²) in [6, 6.07) is 0. The largest absolute Gasteiger partial charge is 0.325 e. The molecule has 0 saturated carbocycles. The van der Waals surface area contributed by atoms with Crippen LogP contribution in [0.3, 0.4) is 0 Å². The van der Waals surface area contributed by atoms with Crippen molar-refractivity contribution in [3.63, 3.8) is 0 Å². The SMILES string of the molecule is CCCc1[nH]c(=O)[nH]c(=O)c1CCC(N)N. The Bertz CT molecular complexity index is 447. The lowest BCUT2D eigenvalue weighted by Crippen LogP contribution is -2.33. The number of hydrogen-bond acceptors (Lipinski definition) is 4. The van der Waals surface area contributed by atoms with Gasteiger partial charge in [-0.2, -0.15) is 0 Å². The van der Waals surface area contributed by atoms with E-state index in [9.17, 15) is 9.59 Å². The molecule has 0 aromatic carbocycles. The molecule has 1 aromatic heterocycles. The van der Waals surface area contributed by atoms with Crippen LogP contribution in [0.1, 0.15) is 31.0 Å². The summed E-state index contributed by atoms with van der Waals surface area (Å²) in [4.78, 5) is 27.6. The highest BCUT2D eigenvalue weighted by Gasteiger charge is 2.09. The number of aromatic amines is 2. The zero-order valence-corrected chi connectivity index (χ0v) is 9.38. The number of aryl methyl sites for hydroxylation is 1. The minimum absolute atomic E-state index is 0.340. The van der Waals surface area contributed by atoms with Crippen molar-refractivity contribution in [3.8, 4) is 0 Å². The molecule has 0 fully saturated rings. The first-order valence-corrected chi connectivity index (χ1v) is 5.40. The van der Waals surface area contributed by atoms with Gasteiger partial charge in [0.2, 0.25) is 0 Å². The van der Waals surface area contributed by atoms with Gasteiger partial charge in [-0.25, -0.2) is 4.79 Å². The van der Waals surface area contributed by atoms with Gasteiger partial charge in [-0.3, -0.25) is 9.78 Å². The van der Waals surface area contributed by atoms with E-state index >= 15 is 0 Å². The molecule has 0 unspecified atom stereocenters. The molecular weight excluding hydrogens is 208 g/mol. The Kier molecular flexibility index (Phi) is 4.45. The van der Waals surface area contributed by atoms with Crippen LogP contribution >= 0.6 is 0 Å². The second-order valence-electron chi connectivity index (χ2n) is 3.82. The Balaban J connectivity index is 3.04. The minimum atomic E-state index is -0.464. The first-order valence-electron chi connectivity index (χ1n) is 5.40. The van der Waals surface area contributed by atoms with Gasteiger partial charge in [0.15, 0.2) is 0 Å². The fourth-order valence-corrected chi connectivity index (χ4v) is 1.60. The van der Waals surface area contributed by atoms with Crippen LogP contribution in [0.4, 0.5) is 0 Å². The van der Waals surface area contributed by atoms with Gasteiger partial charge < -0.3 is 16.5 Å². The molecule has 0 amide bonds. The van der Waals surface area contributed by atoms with Gasteiger partial charge in [0.1, 0.15) is 0 Å². The average Bonchev–Trinajstić information content (AvgIpc) is 2.16. The lowest BCUT2D eigenvalue weighted by Gasteiger charge is -2.08. The summed E-state index contributed by atoms with van der Waals surface area (Å²) in [6.45, 7) is 1.98. The van der Waals surface area contributed by atoms with Gasteiger partial charge in [0, 0.05) is 11.3 Å². The van der Waals surface area contributed by atoms with Crippen LogP contribution in [0, 0.1) is 0 Å². The molecule has 6 heteroatoms. The maximum atomic E-state index is 11.6. The smallest absolute Gasteiger partial charge is 0.316 e. The highest BCUT2D eigenvalue weighted by molar-refractivity contribution is 5.16. The normalized spacial score (nSPS) is 11.0. The van der Waals surface area contributed by atoms with E-state index in [2.05, 4.69) is 9.97 Å². The number of H-pyrrole nitrogens is 2. The predicted octanol–water partition coefficient (Wildman–Crippen LogP) is -0.808. The van der Waals surface area contributed by atoms with Crippen LogP contribution in [0.25, 0.3) is 0 Å².